The van der Waals surface area contributed by atoms with Crippen LogP contribution in [0.4, 0.5) is 0 Å². The number of nitrogens with one attached hydrogen (secondary N) is 1. The van der Waals surface area contributed by atoms with Gasteiger partial charge in [0.2, 0.25) is 5.91 Å². The first-order chi connectivity index (χ1) is 9.06. The van der Waals surface area contributed by atoms with Crippen molar-refractivity contribution < 1.29 is 4.79 Å². The monoisotopic (exact) mass is 319 g/mol. The van der Waals surface area contributed by atoms with Gasteiger partial charge in [-0.05, 0) is 36.6 Å². The van der Waals surface area contributed by atoms with Gasteiger partial charge in [-0.15, -0.1) is 11.6 Å². The zero-order chi connectivity index (χ0) is 13.8. The molecule has 0 spiro atoms. The van der Waals surface area contributed by atoms with Crippen LogP contribution >= 0.6 is 34.8 Å². The highest BCUT2D eigenvalue weighted by Gasteiger charge is 2.22. The van der Waals surface area contributed by atoms with Gasteiger partial charge in [-0.25, -0.2) is 0 Å². The molecule has 0 saturated heterocycles. The van der Waals surface area contributed by atoms with Crippen molar-refractivity contribution in [3.05, 3.63) is 33.8 Å². The summed E-state index contributed by atoms with van der Waals surface area (Å²) in [6.07, 6.45) is 5.65. The summed E-state index contributed by atoms with van der Waals surface area (Å²) in [5.41, 5.74) is 0.632. The van der Waals surface area contributed by atoms with Crippen molar-refractivity contribution in [2.45, 2.75) is 43.5 Å². The van der Waals surface area contributed by atoms with Gasteiger partial charge in [-0.3, -0.25) is 4.79 Å². The van der Waals surface area contributed by atoms with Crippen LogP contribution in [0.15, 0.2) is 18.2 Å². The molecule has 1 unspecified atom stereocenters. The van der Waals surface area contributed by atoms with E-state index in [1.54, 1.807) is 18.2 Å². The maximum Gasteiger partial charge on any atom is 0.242 e. The van der Waals surface area contributed by atoms with E-state index in [0.717, 1.165) is 12.8 Å². The van der Waals surface area contributed by atoms with E-state index < -0.39 is 5.38 Å². The van der Waals surface area contributed by atoms with Crippen molar-refractivity contribution in [3.8, 4) is 0 Å². The molecule has 1 aliphatic carbocycles. The Morgan fingerprint density at radius 2 is 1.68 bits per heavy atom. The van der Waals surface area contributed by atoms with E-state index in [0.29, 0.717) is 15.6 Å². The molecule has 1 aromatic carbocycles. The number of halogens is 3. The Labute approximate surface area is 128 Å². The number of hydrogen-bond acceptors (Lipinski definition) is 1. The summed E-state index contributed by atoms with van der Waals surface area (Å²) in [5.74, 6) is -0.174. The van der Waals surface area contributed by atoms with Gasteiger partial charge in [-0.1, -0.05) is 42.5 Å². The Kier molecular flexibility index (Phi) is 5.37. The Balaban J connectivity index is 2.01. The van der Waals surface area contributed by atoms with E-state index in [2.05, 4.69) is 5.32 Å². The Morgan fingerprint density at radius 3 is 2.26 bits per heavy atom. The number of amides is 1. The fraction of sp³-hybridized carbons (Fsp3) is 0.500. The third-order valence-electron chi connectivity index (χ3n) is 3.36. The number of carbonyl (C=O) groups is 1. The Hall–Kier alpha value is -0.440. The molecule has 1 aliphatic rings. The lowest BCUT2D eigenvalue weighted by Gasteiger charge is -2.24. The summed E-state index contributed by atoms with van der Waals surface area (Å²) in [4.78, 5) is 12.1. The number of alkyl halides is 1. The first kappa shape index (κ1) is 15.0. The predicted molar refractivity (Wildman–Crippen MR) is 80.1 cm³/mol. The van der Waals surface area contributed by atoms with Crippen LogP contribution in [0.3, 0.4) is 0 Å². The highest BCUT2D eigenvalue weighted by molar-refractivity contribution is 6.35. The van der Waals surface area contributed by atoms with Crippen LogP contribution in [-0.4, -0.2) is 11.9 Å². The minimum atomic E-state index is -0.752. The van der Waals surface area contributed by atoms with E-state index in [4.69, 9.17) is 34.8 Å². The van der Waals surface area contributed by atoms with Crippen molar-refractivity contribution in [2.24, 2.45) is 0 Å². The average molecular weight is 321 g/mol. The van der Waals surface area contributed by atoms with Crippen molar-refractivity contribution >= 4 is 40.7 Å². The van der Waals surface area contributed by atoms with Crippen LogP contribution < -0.4 is 5.32 Å². The van der Waals surface area contributed by atoms with Crippen LogP contribution in [0, 0.1) is 0 Å². The van der Waals surface area contributed by atoms with E-state index >= 15 is 0 Å². The molecular formula is C14H16Cl3NO. The molecular weight excluding hydrogens is 305 g/mol. The topological polar surface area (TPSA) is 29.1 Å². The molecule has 104 valence electrons. The molecule has 0 heterocycles. The van der Waals surface area contributed by atoms with Crippen molar-refractivity contribution in [1.29, 1.82) is 0 Å². The van der Waals surface area contributed by atoms with Gasteiger partial charge in [0, 0.05) is 16.1 Å². The predicted octanol–water partition coefficient (Wildman–Crippen LogP) is 4.72. The Bertz CT molecular complexity index is 438. The lowest BCUT2D eigenvalue weighted by Crippen LogP contribution is -2.38. The van der Waals surface area contributed by atoms with Crippen LogP contribution in [0.2, 0.25) is 10.0 Å². The van der Waals surface area contributed by atoms with Gasteiger partial charge < -0.3 is 5.32 Å². The zero-order valence-electron chi connectivity index (χ0n) is 10.5. The van der Waals surface area contributed by atoms with Gasteiger partial charge in [0.05, 0.1) is 0 Å². The van der Waals surface area contributed by atoms with E-state index in [-0.39, 0.29) is 11.9 Å². The SMILES string of the molecule is O=C(NC1CCCCC1)C(Cl)c1cc(Cl)cc(Cl)c1. The zero-order valence-corrected chi connectivity index (χ0v) is 12.7. The lowest BCUT2D eigenvalue weighted by atomic mass is 9.95. The maximum atomic E-state index is 12.1. The van der Waals surface area contributed by atoms with E-state index in [9.17, 15) is 4.79 Å². The average Bonchev–Trinajstić information content (AvgIpc) is 2.37. The van der Waals surface area contributed by atoms with Gasteiger partial charge in [0.25, 0.3) is 0 Å². The molecule has 0 bridgehead atoms. The summed E-state index contributed by atoms with van der Waals surface area (Å²) in [6, 6.07) is 5.21. The minimum absolute atomic E-state index is 0.174. The molecule has 1 saturated carbocycles. The molecule has 0 aromatic heterocycles. The Morgan fingerprint density at radius 1 is 1.11 bits per heavy atom. The first-order valence-electron chi connectivity index (χ1n) is 6.46. The largest absolute Gasteiger partial charge is 0.352 e. The number of carbonyl (C=O) groups excluding carboxylic acids is 1. The van der Waals surface area contributed by atoms with E-state index in [1.807, 2.05) is 0 Å². The summed E-state index contributed by atoms with van der Waals surface area (Å²) in [7, 11) is 0. The fourth-order valence-corrected chi connectivity index (χ4v) is 3.13. The van der Waals surface area contributed by atoms with Crippen molar-refractivity contribution in [2.75, 3.05) is 0 Å². The molecule has 1 aromatic rings. The molecule has 2 rings (SSSR count). The molecule has 0 aliphatic heterocycles. The quantitative estimate of drug-likeness (QED) is 0.802. The standard InChI is InChI=1S/C14H16Cl3NO/c15-10-6-9(7-11(16)8-10)13(17)14(19)18-12-4-2-1-3-5-12/h6-8,12-13H,1-5H2,(H,18,19). The molecule has 1 amide bonds. The smallest absolute Gasteiger partial charge is 0.242 e. The second-order valence-electron chi connectivity index (χ2n) is 4.91. The van der Waals surface area contributed by atoms with Crippen molar-refractivity contribution in [3.63, 3.8) is 0 Å². The summed E-state index contributed by atoms with van der Waals surface area (Å²) < 4.78 is 0. The number of hydrogen-bond donors (Lipinski definition) is 1. The van der Waals surface area contributed by atoms with Crippen LogP contribution in [0.25, 0.3) is 0 Å². The van der Waals surface area contributed by atoms with Crippen LogP contribution in [0.5, 0.6) is 0 Å². The summed E-state index contributed by atoms with van der Waals surface area (Å²) in [5, 5.41) is 3.22. The molecule has 0 radical (unpaired) electrons. The highest BCUT2D eigenvalue weighted by Crippen LogP contribution is 2.28. The molecule has 1 fully saturated rings. The van der Waals surface area contributed by atoms with Gasteiger partial charge in [0.15, 0.2) is 0 Å². The first-order valence-corrected chi connectivity index (χ1v) is 7.66. The maximum absolute atomic E-state index is 12.1. The van der Waals surface area contributed by atoms with Crippen LogP contribution in [-0.2, 0) is 4.79 Å². The molecule has 19 heavy (non-hydrogen) atoms. The van der Waals surface area contributed by atoms with Gasteiger partial charge >= 0.3 is 0 Å². The normalized spacial score (nSPS) is 18.1. The summed E-state index contributed by atoms with van der Waals surface area (Å²) >= 11 is 18.0. The highest BCUT2D eigenvalue weighted by atomic mass is 35.5. The second-order valence-corrected chi connectivity index (χ2v) is 6.22. The van der Waals surface area contributed by atoms with Crippen molar-refractivity contribution in [1.82, 2.24) is 5.32 Å². The van der Waals surface area contributed by atoms with Gasteiger partial charge in [-0.2, -0.15) is 0 Å². The van der Waals surface area contributed by atoms with E-state index in [1.165, 1.54) is 19.3 Å². The molecule has 1 N–H and O–H groups in total. The lowest BCUT2D eigenvalue weighted by molar-refractivity contribution is -0.121. The molecule has 5 heteroatoms. The van der Waals surface area contributed by atoms with Crippen LogP contribution in [0.1, 0.15) is 43.0 Å². The second kappa shape index (κ2) is 6.83. The molecule has 2 nitrogen and oxygen atoms in total. The number of benzene rings is 1. The minimum Gasteiger partial charge on any atom is -0.352 e. The summed E-state index contributed by atoms with van der Waals surface area (Å²) in [6.45, 7) is 0. The fourth-order valence-electron chi connectivity index (χ4n) is 2.39. The third kappa shape index (κ3) is 4.27. The molecule has 1 atom stereocenters. The third-order valence-corrected chi connectivity index (χ3v) is 4.25. The number of rotatable bonds is 3. The van der Waals surface area contributed by atoms with Gasteiger partial charge in [0.1, 0.15) is 5.38 Å².